The molecule has 2 aromatic rings. The average molecular weight is 321 g/mol. The zero-order valence-electron chi connectivity index (χ0n) is 10.8. The number of rotatable bonds is 5. The molecule has 0 aliphatic heterocycles. The Bertz CT molecular complexity index is 620. The largest absolute Gasteiger partial charge is 0.475 e. The van der Waals surface area contributed by atoms with Crippen molar-refractivity contribution in [2.24, 2.45) is 0 Å². The van der Waals surface area contributed by atoms with Crippen molar-refractivity contribution >= 4 is 17.3 Å². The molecule has 0 saturated carbocycles. The normalized spacial score (nSPS) is 11.4. The summed E-state index contributed by atoms with van der Waals surface area (Å²) in [6.45, 7) is 1.55. The van der Waals surface area contributed by atoms with E-state index in [-0.39, 0.29) is 29.7 Å². The first-order chi connectivity index (χ1) is 9.91. The minimum atomic E-state index is -4.48. The van der Waals surface area contributed by atoms with E-state index in [0.29, 0.717) is 0 Å². The maximum Gasteiger partial charge on any atom is 0.420 e. The second kappa shape index (κ2) is 6.17. The number of hydrogen-bond donors (Lipinski definition) is 0. The maximum atomic E-state index is 12.6. The molecule has 0 aromatic carbocycles. The first-order valence-corrected chi connectivity index (χ1v) is 6.70. The Morgan fingerprint density at radius 1 is 1.48 bits per heavy atom. The standard InChI is InChI=1S/C12H10F3NO4S/c1-2-18-10(17)9-5-7(20-16-9)6-19-11-8(3-4-21-11)12(13,14)15/h3-5H,2,6H2,1H3. The number of halogens is 3. The van der Waals surface area contributed by atoms with Crippen LogP contribution in [-0.4, -0.2) is 17.7 Å². The lowest BCUT2D eigenvalue weighted by molar-refractivity contribution is -0.138. The summed E-state index contributed by atoms with van der Waals surface area (Å²) in [6, 6.07) is 2.20. The Hall–Kier alpha value is -2.03. The molecule has 0 unspecified atom stereocenters. The van der Waals surface area contributed by atoms with Crippen LogP contribution in [0, 0.1) is 0 Å². The summed E-state index contributed by atoms with van der Waals surface area (Å²) in [5.74, 6) is -0.542. The topological polar surface area (TPSA) is 61.6 Å². The maximum absolute atomic E-state index is 12.6. The van der Waals surface area contributed by atoms with Crippen LogP contribution in [0.5, 0.6) is 5.06 Å². The molecule has 2 rings (SSSR count). The number of thiophene rings is 1. The zero-order valence-corrected chi connectivity index (χ0v) is 11.6. The van der Waals surface area contributed by atoms with E-state index in [4.69, 9.17) is 14.0 Å². The molecule has 9 heteroatoms. The minimum absolute atomic E-state index is 0.0577. The van der Waals surface area contributed by atoms with Gasteiger partial charge in [-0.15, -0.1) is 11.3 Å². The van der Waals surface area contributed by atoms with Crippen molar-refractivity contribution < 1.29 is 32.0 Å². The van der Waals surface area contributed by atoms with E-state index in [0.717, 1.165) is 17.4 Å². The Morgan fingerprint density at radius 2 is 2.24 bits per heavy atom. The minimum Gasteiger partial charge on any atom is -0.475 e. The number of esters is 1. The number of ether oxygens (including phenoxy) is 2. The molecule has 0 fully saturated rings. The Kier molecular flexibility index (Phi) is 4.51. The third kappa shape index (κ3) is 3.75. The van der Waals surface area contributed by atoms with E-state index in [1.807, 2.05) is 0 Å². The third-order valence-electron chi connectivity index (χ3n) is 2.32. The van der Waals surface area contributed by atoms with Crippen LogP contribution < -0.4 is 4.74 Å². The van der Waals surface area contributed by atoms with Crippen LogP contribution >= 0.6 is 11.3 Å². The monoisotopic (exact) mass is 321 g/mol. The highest BCUT2D eigenvalue weighted by molar-refractivity contribution is 7.12. The number of carbonyl (C=O) groups is 1. The number of carbonyl (C=O) groups excluding carboxylic acids is 1. The summed E-state index contributed by atoms with van der Waals surface area (Å²) in [6.07, 6.45) is -4.48. The van der Waals surface area contributed by atoms with Gasteiger partial charge >= 0.3 is 12.1 Å². The third-order valence-corrected chi connectivity index (χ3v) is 3.15. The SMILES string of the molecule is CCOC(=O)c1cc(COc2sccc2C(F)(F)F)on1. The lowest BCUT2D eigenvalue weighted by Crippen LogP contribution is -2.06. The van der Waals surface area contributed by atoms with Gasteiger partial charge in [-0.25, -0.2) is 4.79 Å². The van der Waals surface area contributed by atoms with E-state index in [9.17, 15) is 18.0 Å². The number of alkyl halides is 3. The Labute approximate surface area is 121 Å². The van der Waals surface area contributed by atoms with Crippen molar-refractivity contribution in [3.63, 3.8) is 0 Å². The van der Waals surface area contributed by atoms with Gasteiger partial charge in [0.1, 0.15) is 12.2 Å². The van der Waals surface area contributed by atoms with Gasteiger partial charge in [0, 0.05) is 6.07 Å². The fourth-order valence-corrected chi connectivity index (χ4v) is 2.20. The second-order valence-corrected chi connectivity index (χ2v) is 4.69. The van der Waals surface area contributed by atoms with Gasteiger partial charge in [-0.3, -0.25) is 0 Å². The average Bonchev–Trinajstić information content (AvgIpc) is 3.05. The molecule has 21 heavy (non-hydrogen) atoms. The number of hydrogen-bond acceptors (Lipinski definition) is 6. The van der Waals surface area contributed by atoms with Crippen LogP contribution in [0.4, 0.5) is 13.2 Å². The summed E-state index contributed by atoms with van der Waals surface area (Å²) in [5.41, 5.74) is -0.907. The van der Waals surface area contributed by atoms with Crippen molar-refractivity contribution in [2.75, 3.05) is 6.61 Å². The lowest BCUT2D eigenvalue weighted by atomic mass is 10.3. The molecule has 0 amide bonds. The molecule has 2 heterocycles. The summed E-state index contributed by atoms with van der Waals surface area (Å²) >= 11 is 0.821. The first kappa shape index (κ1) is 15.4. The van der Waals surface area contributed by atoms with Gasteiger partial charge in [0.25, 0.3) is 0 Å². The van der Waals surface area contributed by atoms with Gasteiger partial charge in [-0.1, -0.05) is 5.16 Å². The molecule has 2 aromatic heterocycles. The quantitative estimate of drug-likeness (QED) is 0.789. The van der Waals surface area contributed by atoms with E-state index in [1.54, 1.807) is 6.92 Å². The Balaban J connectivity index is 2.01. The fraction of sp³-hybridized carbons (Fsp3) is 0.333. The summed E-state index contributed by atoms with van der Waals surface area (Å²) < 4.78 is 52.5. The lowest BCUT2D eigenvalue weighted by Gasteiger charge is -2.07. The smallest absolute Gasteiger partial charge is 0.420 e. The van der Waals surface area contributed by atoms with Crippen molar-refractivity contribution in [2.45, 2.75) is 19.7 Å². The molecule has 0 saturated heterocycles. The molecule has 0 bridgehead atoms. The van der Waals surface area contributed by atoms with E-state index < -0.39 is 17.7 Å². The van der Waals surface area contributed by atoms with E-state index in [2.05, 4.69) is 5.16 Å². The van der Waals surface area contributed by atoms with Crippen LogP contribution in [0.15, 0.2) is 22.0 Å². The van der Waals surface area contributed by atoms with Crippen molar-refractivity contribution in [3.05, 3.63) is 34.5 Å². The van der Waals surface area contributed by atoms with Gasteiger partial charge in [-0.05, 0) is 18.4 Å². The van der Waals surface area contributed by atoms with Crippen molar-refractivity contribution in [1.82, 2.24) is 5.16 Å². The highest BCUT2D eigenvalue weighted by atomic mass is 32.1. The summed E-state index contributed by atoms with van der Waals surface area (Å²) in [7, 11) is 0. The van der Waals surface area contributed by atoms with Gasteiger partial charge in [0.15, 0.2) is 16.5 Å². The predicted molar refractivity (Wildman–Crippen MR) is 66.1 cm³/mol. The molecule has 0 N–H and O–H groups in total. The molecule has 0 atom stereocenters. The van der Waals surface area contributed by atoms with Crippen LogP contribution in [0.3, 0.4) is 0 Å². The molecule has 114 valence electrons. The molecule has 0 spiro atoms. The van der Waals surface area contributed by atoms with Crippen LogP contribution in [0.1, 0.15) is 28.7 Å². The van der Waals surface area contributed by atoms with Gasteiger partial charge in [-0.2, -0.15) is 13.2 Å². The fourth-order valence-electron chi connectivity index (χ4n) is 1.44. The molecule has 0 aliphatic rings. The molecule has 0 radical (unpaired) electrons. The highest BCUT2D eigenvalue weighted by Gasteiger charge is 2.35. The van der Waals surface area contributed by atoms with E-state index >= 15 is 0 Å². The van der Waals surface area contributed by atoms with Gasteiger partial charge in [0.05, 0.1) is 6.61 Å². The molecular weight excluding hydrogens is 311 g/mol. The summed E-state index contributed by atoms with van der Waals surface area (Å²) in [5, 5.41) is 4.47. The van der Waals surface area contributed by atoms with Crippen molar-refractivity contribution in [3.8, 4) is 5.06 Å². The van der Waals surface area contributed by atoms with E-state index in [1.165, 1.54) is 11.4 Å². The molecular formula is C12H10F3NO4S. The molecule has 0 aliphatic carbocycles. The Morgan fingerprint density at radius 3 is 2.90 bits per heavy atom. The first-order valence-electron chi connectivity index (χ1n) is 5.82. The van der Waals surface area contributed by atoms with Crippen LogP contribution in [0.2, 0.25) is 0 Å². The van der Waals surface area contributed by atoms with Crippen molar-refractivity contribution in [1.29, 1.82) is 0 Å². The van der Waals surface area contributed by atoms with Gasteiger partial charge in [0.2, 0.25) is 0 Å². The predicted octanol–water partition coefficient (Wildman–Crippen LogP) is 3.51. The number of aromatic nitrogens is 1. The highest BCUT2D eigenvalue weighted by Crippen LogP contribution is 2.40. The second-order valence-electron chi connectivity index (χ2n) is 3.81. The zero-order chi connectivity index (χ0) is 15.5. The van der Waals surface area contributed by atoms with Gasteiger partial charge < -0.3 is 14.0 Å². The summed E-state index contributed by atoms with van der Waals surface area (Å²) in [4.78, 5) is 11.3. The number of nitrogens with zero attached hydrogens (tertiary/aromatic N) is 1. The van der Waals surface area contributed by atoms with Crippen LogP contribution in [-0.2, 0) is 17.5 Å². The van der Waals surface area contributed by atoms with Crippen LogP contribution in [0.25, 0.3) is 0 Å². The molecule has 5 nitrogen and oxygen atoms in total.